The van der Waals surface area contributed by atoms with Crippen LogP contribution in [0.25, 0.3) is 10.8 Å². The maximum atomic E-state index is 5.76. The monoisotopic (exact) mass is 291 g/mol. The molecule has 0 N–H and O–H groups in total. The zero-order valence-corrected chi connectivity index (χ0v) is 12.1. The van der Waals surface area contributed by atoms with Gasteiger partial charge in [0.05, 0.1) is 18.0 Å². The SMILES string of the molecule is c1csc(-c2nnc(CN3CC[C@]4(CCOC4)C3)o2)c1. The van der Waals surface area contributed by atoms with Crippen molar-refractivity contribution < 1.29 is 9.15 Å². The maximum Gasteiger partial charge on any atom is 0.257 e. The van der Waals surface area contributed by atoms with Crippen LogP contribution in [0, 0.1) is 5.41 Å². The molecule has 1 spiro atoms. The molecule has 2 aliphatic heterocycles. The Balaban J connectivity index is 1.43. The number of nitrogens with zero attached hydrogens (tertiary/aromatic N) is 3. The molecule has 6 heteroatoms. The summed E-state index contributed by atoms with van der Waals surface area (Å²) in [5.74, 6) is 1.34. The molecule has 0 saturated carbocycles. The van der Waals surface area contributed by atoms with Crippen molar-refractivity contribution >= 4 is 11.3 Å². The van der Waals surface area contributed by atoms with Gasteiger partial charge in [-0.05, 0) is 30.8 Å². The van der Waals surface area contributed by atoms with Crippen LogP contribution < -0.4 is 0 Å². The van der Waals surface area contributed by atoms with Crippen LogP contribution in [0.3, 0.4) is 0 Å². The lowest BCUT2D eigenvalue weighted by Crippen LogP contribution is -2.27. The second-order valence-corrected chi connectivity index (χ2v) is 6.69. The molecule has 0 aliphatic carbocycles. The molecule has 0 unspecified atom stereocenters. The molecule has 1 atom stereocenters. The Hall–Kier alpha value is -1.24. The fourth-order valence-electron chi connectivity index (χ4n) is 3.14. The van der Waals surface area contributed by atoms with Crippen LogP contribution in [-0.2, 0) is 11.3 Å². The van der Waals surface area contributed by atoms with E-state index in [2.05, 4.69) is 15.1 Å². The minimum atomic E-state index is 0.386. The summed E-state index contributed by atoms with van der Waals surface area (Å²) in [6.07, 6.45) is 2.41. The molecule has 0 radical (unpaired) electrons. The molecule has 4 heterocycles. The molecule has 2 aromatic rings. The summed E-state index contributed by atoms with van der Waals surface area (Å²) in [6, 6.07) is 4.00. The summed E-state index contributed by atoms with van der Waals surface area (Å²) >= 11 is 1.62. The van der Waals surface area contributed by atoms with Crippen molar-refractivity contribution in [2.45, 2.75) is 19.4 Å². The first kappa shape index (κ1) is 12.5. The Morgan fingerprint density at radius 1 is 1.35 bits per heavy atom. The van der Waals surface area contributed by atoms with E-state index in [1.54, 1.807) is 11.3 Å². The molecule has 0 aromatic carbocycles. The van der Waals surface area contributed by atoms with Crippen LogP contribution in [0.1, 0.15) is 18.7 Å². The van der Waals surface area contributed by atoms with Crippen LogP contribution in [0.15, 0.2) is 21.9 Å². The number of rotatable bonds is 3. The highest BCUT2D eigenvalue weighted by Gasteiger charge is 2.41. The van der Waals surface area contributed by atoms with Gasteiger partial charge in [0.1, 0.15) is 0 Å². The minimum absolute atomic E-state index is 0.386. The second-order valence-electron chi connectivity index (χ2n) is 5.74. The van der Waals surface area contributed by atoms with Gasteiger partial charge in [0.25, 0.3) is 5.89 Å². The average Bonchev–Trinajstić information content (AvgIpc) is 3.21. The van der Waals surface area contributed by atoms with E-state index in [1.807, 2.05) is 17.5 Å². The molecule has 106 valence electrons. The lowest BCUT2D eigenvalue weighted by molar-refractivity contribution is 0.150. The number of ether oxygens (including phenoxy) is 1. The lowest BCUT2D eigenvalue weighted by Gasteiger charge is -2.20. The standard InChI is InChI=1S/C14H17N3O2S/c1-2-11(20-7-1)13-16-15-12(19-13)8-17-5-3-14(9-17)4-6-18-10-14/h1-2,7H,3-6,8-10H2/t14-/m0/s1. The number of likely N-dealkylation sites (tertiary alicyclic amines) is 1. The third kappa shape index (κ3) is 2.28. The fraction of sp³-hybridized carbons (Fsp3) is 0.571. The van der Waals surface area contributed by atoms with Crippen molar-refractivity contribution in [3.63, 3.8) is 0 Å². The van der Waals surface area contributed by atoms with E-state index in [0.29, 0.717) is 17.2 Å². The quantitative estimate of drug-likeness (QED) is 0.869. The van der Waals surface area contributed by atoms with Crippen LogP contribution in [0.2, 0.25) is 0 Å². The molecule has 2 saturated heterocycles. The van der Waals surface area contributed by atoms with Crippen LogP contribution in [0.5, 0.6) is 0 Å². The Bertz CT molecular complexity index is 575. The predicted octanol–water partition coefficient (Wildman–Crippen LogP) is 2.41. The first-order chi connectivity index (χ1) is 9.83. The number of hydrogen-bond acceptors (Lipinski definition) is 6. The number of hydrogen-bond donors (Lipinski definition) is 0. The van der Waals surface area contributed by atoms with Gasteiger partial charge >= 0.3 is 0 Å². The van der Waals surface area contributed by atoms with Crippen LogP contribution in [-0.4, -0.2) is 41.4 Å². The van der Waals surface area contributed by atoms with E-state index in [9.17, 15) is 0 Å². The maximum absolute atomic E-state index is 5.76. The smallest absolute Gasteiger partial charge is 0.257 e. The van der Waals surface area contributed by atoms with Gasteiger partial charge < -0.3 is 9.15 Å². The lowest BCUT2D eigenvalue weighted by atomic mass is 9.87. The van der Waals surface area contributed by atoms with Crippen LogP contribution in [0.4, 0.5) is 0 Å². The molecule has 2 aliphatic rings. The van der Waals surface area contributed by atoms with Gasteiger partial charge in [0.15, 0.2) is 0 Å². The van der Waals surface area contributed by atoms with Gasteiger partial charge in [-0.1, -0.05) is 6.07 Å². The Labute approximate surface area is 121 Å². The minimum Gasteiger partial charge on any atom is -0.419 e. The van der Waals surface area contributed by atoms with Gasteiger partial charge in [-0.25, -0.2) is 0 Å². The van der Waals surface area contributed by atoms with Gasteiger partial charge in [-0.15, -0.1) is 21.5 Å². The van der Waals surface area contributed by atoms with Crippen molar-refractivity contribution in [2.75, 3.05) is 26.3 Å². The molecule has 4 rings (SSSR count). The highest BCUT2D eigenvalue weighted by molar-refractivity contribution is 7.13. The van der Waals surface area contributed by atoms with Crippen molar-refractivity contribution in [1.82, 2.24) is 15.1 Å². The van der Waals surface area contributed by atoms with E-state index in [1.165, 1.54) is 12.8 Å². The zero-order valence-electron chi connectivity index (χ0n) is 11.2. The Kier molecular flexibility index (Phi) is 3.09. The fourth-order valence-corrected chi connectivity index (χ4v) is 3.79. The van der Waals surface area contributed by atoms with Crippen molar-refractivity contribution in [1.29, 1.82) is 0 Å². The largest absolute Gasteiger partial charge is 0.419 e. The molecule has 20 heavy (non-hydrogen) atoms. The number of thiophene rings is 1. The molecular weight excluding hydrogens is 274 g/mol. The first-order valence-corrected chi connectivity index (χ1v) is 7.87. The summed E-state index contributed by atoms with van der Waals surface area (Å²) in [6.45, 7) is 4.76. The van der Waals surface area contributed by atoms with Crippen LogP contribution >= 0.6 is 11.3 Å². The summed E-state index contributed by atoms with van der Waals surface area (Å²) < 4.78 is 11.3. The van der Waals surface area contributed by atoms with Crippen molar-refractivity contribution in [2.24, 2.45) is 5.41 Å². The summed E-state index contributed by atoms with van der Waals surface area (Å²) in [4.78, 5) is 3.44. The third-order valence-corrected chi connectivity index (χ3v) is 5.12. The van der Waals surface area contributed by atoms with Crippen molar-refractivity contribution in [3.05, 3.63) is 23.4 Å². The van der Waals surface area contributed by atoms with Gasteiger partial charge in [0.2, 0.25) is 5.89 Å². The summed E-state index contributed by atoms with van der Waals surface area (Å²) in [5.41, 5.74) is 0.386. The molecule has 0 bridgehead atoms. The van der Waals surface area contributed by atoms with E-state index in [-0.39, 0.29) is 0 Å². The Morgan fingerprint density at radius 3 is 3.15 bits per heavy atom. The molecular formula is C14H17N3O2S. The van der Waals surface area contributed by atoms with Crippen molar-refractivity contribution in [3.8, 4) is 10.8 Å². The number of aromatic nitrogens is 2. The van der Waals surface area contributed by atoms with E-state index in [0.717, 1.165) is 37.7 Å². The van der Waals surface area contributed by atoms with Gasteiger partial charge in [-0.2, -0.15) is 0 Å². The molecule has 2 aromatic heterocycles. The summed E-state index contributed by atoms with van der Waals surface area (Å²) in [7, 11) is 0. The molecule has 5 nitrogen and oxygen atoms in total. The highest BCUT2D eigenvalue weighted by atomic mass is 32.1. The highest BCUT2D eigenvalue weighted by Crippen LogP contribution is 2.38. The predicted molar refractivity (Wildman–Crippen MR) is 75.4 cm³/mol. The average molecular weight is 291 g/mol. The van der Waals surface area contributed by atoms with E-state index < -0.39 is 0 Å². The second kappa shape index (κ2) is 4.95. The normalized spacial score (nSPS) is 26.8. The molecule has 2 fully saturated rings. The van der Waals surface area contributed by atoms with Gasteiger partial charge in [-0.3, -0.25) is 4.90 Å². The topological polar surface area (TPSA) is 51.4 Å². The van der Waals surface area contributed by atoms with E-state index >= 15 is 0 Å². The zero-order chi connectivity index (χ0) is 13.4. The summed E-state index contributed by atoms with van der Waals surface area (Å²) in [5, 5.41) is 10.3. The molecule has 0 amide bonds. The third-order valence-electron chi connectivity index (χ3n) is 4.26. The van der Waals surface area contributed by atoms with Gasteiger partial charge in [0, 0.05) is 18.6 Å². The first-order valence-electron chi connectivity index (χ1n) is 6.99. The Morgan fingerprint density at radius 2 is 2.35 bits per heavy atom. The van der Waals surface area contributed by atoms with E-state index in [4.69, 9.17) is 9.15 Å².